The number of amides is 2. The second kappa shape index (κ2) is 9.20. The second-order valence-corrected chi connectivity index (χ2v) is 7.04. The molecule has 0 aliphatic rings. The molecule has 3 rings (SSSR count). The second-order valence-electron chi connectivity index (χ2n) is 6.18. The number of anilines is 2. The van der Waals surface area contributed by atoms with Crippen LogP contribution in [0.1, 0.15) is 0 Å². The molecule has 0 fully saturated rings. The van der Waals surface area contributed by atoms with Gasteiger partial charge in [-0.05, 0) is 25.2 Å². The Morgan fingerprint density at radius 1 is 1.04 bits per heavy atom. The standard InChI is InChI=1S/C20H19FN4O2S/c1-25(11-18(26)22-16-9-5-8-15(21)10-16)12-19(27)24-20-23-17(13-28-20)14-6-3-2-4-7-14/h2-10,13H,11-12H2,1H3,(H,22,26)(H,23,24,27). The first-order chi connectivity index (χ1) is 13.5. The largest absolute Gasteiger partial charge is 0.325 e. The number of rotatable bonds is 7. The van der Waals surface area contributed by atoms with Crippen LogP contribution in [0.25, 0.3) is 11.3 Å². The Hall–Kier alpha value is -3.10. The molecule has 0 unspecified atom stereocenters. The molecule has 1 heterocycles. The number of likely N-dealkylation sites (N-methyl/N-ethyl adjacent to an activating group) is 1. The van der Waals surface area contributed by atoms with E-state index in [1.54, 1.807) is 18.0 Å². The molecule has 2 aromatic carbocycles. The van der Waals surface area contributed by atoms with Crippen LogP contribution in [0.5, 0.6) is 0 Å². The first-order valence-corrected chi connectivity index (χ1v) is 9.42. The molecule has 1 aromatic heterocycles. The predicted octanol–water partition coefficient (Wildman–Crippen LogP) is 3.46. The van der Waals surface area contributed by atoms with Crippen molar-refractivity contribution in [1.82, 2.24) is 9.88 Å². The summed E-state index contributed by atoms with van der Waals surface area (Å²) in [4.78, 5) is 30.2. The van der Waals surface area contributed by atoms with Crippen LogP contribution in [0.15, 0.2) is 60.0 Å². The van der Waals surface area contributed by atoms with E-state index in [-0.39, 0.29) is 24.9 Å². The highest BCUT2D eigenvalue weighted by atomic mass is 32.1. The SMILES string of the molecule is CN(CC(=O)Nc1cccc(F)c1)CC(=O)Nc1nc(-c2ccccc2)cs1. The van der Waals surface area contributed by atoms with Crippen molar-refractivity contribution in [2.45, 2.75) is 0 Å². The lowest BCUT2D eigenvalue weighted by Crippen LogP contribution is -2.36. The van der Waals surface area contributed by atoms with Crippen LogP contribution in [0.2, 0.25) is 0 Å². The van der Waals surface area contributed by atoms with Gasteiger partial charge in [-0.3, -0.25) is 14.5 Å². The van der Waals surface area contributed by atoms with E-state index in [1.807, 2.05) is 35.7 Å². The minimum Gasteiger partial charge on any atom is -0.325 e. The van der Waals surface area contributed by atoms with Crippen molar-refractivity contribution in [3.05, 3.63) is 65.8 Å². The lowest BCUT2D eigenvalue weighted by atomic mass is 10.2. The molecule has 0 saturated carbocycles. The van der Waals surface area contributed by atoms with Crippen LogP contribution in [0.3, 0.4) is 0 Å². The highest BCUT2D eigenvalue weighted by Gasteiger charge is 2.13. The van der Waals surface area contributed by atoms with E-state index in [2.05, 4.69) is 15.6 Å². The maximum Gasteiger partial charge on any atom is 0.240 e. The van der Waals surface area contributed by atoms with E-state index in [9.17, 15) is 14.0 Å². The molecular formula is C20H19FN4O2S. The van der Waals surface area contributed by atoms with Crippen molar-refractivity contribution in [2.24, 2.45) is 0 Å². The Balaban J connectivity index is 1.48. The molecule has 0 saturated heterocycles. The van der Waals surface area contributed by atoms with Gasteiger partial charge >= 0.3 is 0 Å². The number of aromatic nitrogens is 1. The summed E-state index contributed by atoms with van der Waals surface area (Å²) in [7, 11) is 1.65. The van der Waals surface area contributed by atoms with Crippen LogP contribution in [-0.2, 0) is 9.59 Å². The lowest BCUT2D eigenvalue weighted by molar-refractivity contribution is -0.119. The van der Waals surface area contributed by atoms with Crippen molar-refractivity contribution in [3.8, 4) is 11.3 Å². The van der Waals surface area contributed by atoms with Gasteiger partial charge in [-0.15, -0.1) is 11.3 Å². The Morgan fingerprint density at radius 3 is 2.46 bits per heavy atom. The Kier molecular flexibility index (Phi) is 6.46. The monoisotopic (exact) mass is 398 g/mol. The molecule has 0 aliphatic heterocycles. The Morgan fingerprint density at radius 2 is 1.75 bits per heavy atom. The summed E-state index contributed by atoms with van der Waals surface area (Å²) >= 11 is 1.34. The smallest absolute Gasteiger partial charge is 0.240 e. The summed E-state index contributed by atoms with van der Waals surface area (Å²) in [6, 6.07) is 15.3. The van der Waals surface area contributed by atoms with Gasteiger partial charge in [-0.25, -0.2) is 9.37 Å². The van der Waals surface area contributed by atoms with Gasteiger partial charge in [0.05, 0.1) is 18.8 Å². The molecular weight excluding hydrogens is 379 g/mol. The van der Waals surface area contributed by atoms with E-state index in [1.165, 1.54) is 29.5 Å². The Labute approximate surface area is 166 Å². The molecule has 0 aliphatic carbocycles. The number of nitrogens with one attached hydrogen (secondary N) is 2. The van der Waals surface area contributed by atoms with Crippen molar-refractivity contribution in [1.29, 1.82) is 0 Å². The van der Waals surface area contributed by atoms with Gasteiger partial charge in [-0.1, -0.05) is 36.4 Å². The molecule has 2 amide bonds. The molecule has 2 N–H and O–H groups in total. The van der Waals surface area contributed by atoms with Gasteiger partial charge in [0.2, 0.25) is 11.8 Å². The average Bonchev–Trinajstić information content (AvgIpc) is 3.10. The number of halogens is 1. The van der Waals surface area contributed by atoms with E-state index >= 15 is 0 Å². The zero-order chi connectivity index (χ0) is 19.9. The van der Waals surface area contributed by atoms with Gasteiger partial charge in [0.15, 0.2) is 5.13 Å². The van der Waals surface area contributed by atoms with E-state index in [0.29, 0.717) is 10.8 Å². The molecule has 0 radical (unpaired) electrons. The zero-order valence-corrected chi connectivity index (χ0v) is 16.0. The van der Waals surface area contributed by atoms with Crippen molar-refractivity contribution in [2.75, 3.05) is 30.8 Å². The first-order valence-electron chi connectivity index (χ1n) is 8.54. The molecule has 8 heteroatoms. The maximum atomic E-state index is 13.1. The van der Waals surface area contributed by atoms with E-state index in [4.69, 9.17) is 0 Å². The quantitative estimate of drug-likeness (QED) is 0.639. The lowest BCUT2D eigenvalue weighted by Gasteiger charge is -2.15. The molecule has 0 bridgehead atoms. The highest BCUT2D eigenvalue weighted by molar-refractivity contribution is 7.14. The molecule has 3 aromatic rings. The zero-order valence-electron chi connectivity index (χ0n) is 15.2. The maximum absolute atomic E-state index is 13.1. The number of hydrogen-bond acceptors (Lipinski definition) is 5. The number of thiazole rings is 1. The average molecular weight is 398 g/mol. The molecule has 6 nitrogen and oxygen atoms in total. The normalized spacial score (nSPS) is 10.7. The number of carbonyl (C=O) groups is 2. The fourth-order valence-corrected chi connectivity index (χ4v) is 3.28. The fraction of sp³-hybridized carbons (Fsp3) is 0.150. The summed E-state index contributed by atoms with van der Waals surface area (Å²) in [5, 5.41) is 7.71. The van der Waals surface area contributed by atoms with Crippen LogP contribution in [0, 0.1) is 5.82 Å². The third kappa shape index (κ3) is 5.70. The molecule has 28 heavy (non-hydrogen) atoms. The highest BCUT2D eigenvalue weighted by Crippen LogP contribution is 2.24. The molecule has 0 atom stereocenters. The van der Waals surface area contributed by atoms with Crippen molar-refractivity contribution >= 4 is 34.0 Å². The number of nitrogens with zero attached hydrogens (tertiary/aromatic N) is 2. The summed E-state index contributed by atoms with van der Waals surface area (Å²) in [6.45, 7) is 0.0217. The number of carbonyl (C=O) groups excluding carboxylic acids is 2. The predicted molar refractivity (Wildman–Crippen MR) is 109 cm³/mol. The summed E-state index contributed by atoms with van der Waals surface area (Å²) < 4.78 is 13.1. The third-order valence-electron chi connectivity index (χ3n) is 3.76. The topological polar surface area (TPSA) is 74.3 Å². The van der Waals surface area contributed by atoms with Gasteiger partial charge in [0, 0.05) is 16.6 Å². The van der Waals surface area contributed by atoms with Gasteiger partial charge in [0.1, 0.15) is 5.82 Å². The van der Waals surface area contributed by atoms with Crippen molar-refractivity contribution < 1.29 is 14.0 Å². The van der Waals surface area contributed by atoms with Gasteiger partial charge in [0.25, 0.3) is 0 Å². The van der Waals surface area contributed by atoms with Crippen LogP contribution >= 0.6 is 11.3 Å². The molecule has 144 valence electrons. The summed E-state index contributed by atoms with van der Waals surface area (Å²) in [5.41, 5.74) is 2.15. The Bertz CT molecular complexity index is 962. The first kappa shape index (κ1) is 19.7. The number of hydrogen-bond donors (Lipinski definition) is 2. The van der Waals surface area contributed by atoms with E-state index in [0.717, 1.165) is 11.3 Å². The number of benzene rings is 2. The van der Waals surface area contributed by atoms with Crippen molar-refractivity contribution in [3.63, 3.8) is 0 Å². The summed E-state index contributed by atoms with van der Waals surface area (Å²) in [5.74, 6) is -1.03. The fourth-order valence-electron chi connectivity index (χ4n) is 2.54. The van der Waals surface area contributed by atoms with E-state index < -0.39 is 5.82 Å². The van der Waals surface area contributed by atoms with Gasteiger partial charge < -0.3 is 10.6 Å². The van der Waals surface area contributed by atoms with Gasteiger partial charge in [-0.2, -0.15) is 0 Å². The molecule has 0 spiro atoms. The summed E-state index contributed by atoms with van der Waals surface area (Å²) in [6.07, 6.45) is 0. The van der Waals surface area contributed by atoms with Crippen LogP contribution < -0.4 is 10.6 Å². The minimum absolute atomic E-state index is 0.00291. The third-order valence-corrected chi connectivity index (χ3v) is 4.51. The minimum atomic E-state index is -0.427. The van der Waals surface area contributed by atoms with Crippen LogP contribution in [0.4, 0.5) is 15.2 Å². The van der Waals surface area contributed by atoms with Crippen LogP contribution in [-0.4, -0.2) is 41.8 Å².